The molecule has 1 aliphatic heterocycles. The molecule has 1 saturated heterocycles. The van der Waals surface area contributed by atoms with Gasteiger partial charge in [0.25, 0.3) is 0 Å². The molecule has 2 rings (SSSR count). The number of carbonyl (C=O) groups is 1. The molecule has 1 aliphatic rings. The number of nitrogens with zero attached hydrogens (tertiary/aromatic N) is 2. The highest BCUT2D eigenvalue weighted by Crippen LogP contribution is 2.31. The van der Waals surface area contributed by atoms with E-state index in [1.165, 1.54) is 6.07 Å². The van der Waals surface area contributed by atoms with E-state index >= 15 is 0 Å². The number of carbonyl (C=O) groups excluding carboxylic acids is 1. The third-order valence-electron chi connectivity index (χ3n) is 4.53. The zero-order valence-electron chi connectivity index (χ0n) is 17.1. The van der Waals surface area contributed by atoms with Crippen molar-refractivity contribution < 1.29 is 9.18 Å². The lowest BCUT2D eigenvalue weighted by atomic mass is 10.0. The summed E-state index contributed by atoms with van der Waals surface area (Å²) in [5.41, 5.74) is 0.206. The van der Waals surface area contributed by atoms with Crippen LogP contribution < -0.4 is 16.0 Å². The molecule has 8 heteroatoms. The van der Waals surface area contributed by atoms with Crippen molar-refractivity contribution in [3.05, 3.63) is 34.6 Å². The fourth-order valence-electron chi connectivity index (χ4n) is 3.34. The largest absolute Gasteiger partial charge is 0.354 e. The van der Waals surface area contributed by atoms with Gasteiger partial charge in [0.2, 0.25) is 5.91 Å². The molecule has 1 amide bonds. The smallest absolute Gasteiger partial charge is 0.239 e. The van der Waals surface area contributed by atoms with E-state index in [-0.39, 0.29) is 29.8 Å². The highest BCUT2D eigenvalue weighted by atomic mass is 35.5. The Morgan fingerprint density at radius 1 is 1.29 bits per heavy atom. The van der Waals surface area contributed by atoms with E-state index < -0.39 is 0 Å². The summed E-state index contributed by atoms with van der Waals surface area (Å²) in [5.74, 6) is 0.0584. The maximum atomic E-state index is 14.5. The minimum atomic E-state index is -0.307. The van der Waals surface area contributed by atoms with Gasteiger partial charge in [-0.1, -0.05) is 17.7 Å². The predicted octanol–water partition coefficient (Wildman–Crippen LogP) is 2.70. The molecule has 3 N–H and O–H groups in total. The van der Waals surface area contributed by atoms with Crippen molar-refractivity contribution in [2.45, 2.75) is 45.2 Å². The predicted molar refractivity (Wildman–Crippen MR) is 112 cm³/mol. The normalized spacial score (nSPS) is 16.7. The number of rotatable bonds is 6. The van der Waals surface area contributed by atoms with Crippen LogP contribution in [0.25, 0.3) is 0 Å². The summed E-state index contributed by atoms with van der Waals surface area (Å²) >= 11 is 6.32. The molecule has 0 aromatic heterocycles. The summed E-state index contributed by atoms with van der Waals surface area (Å²) in [5, 5.41) is 9.52. The zero-order chi connectivity index (χ0) is 20.7. The van der Waals surface area contributed by atoms with E-state index in [9.17, 15) is 9.18 Å². The number of hydrogen-bond donors (Lipinski definition) is 3. The second kappa shape index (κ2) is 10.1. The Balaban J connectivity index is 2.03. The molecule has 0 spiro atoms. The van der Waals surface area contributed by atoms with E-state index in [1.807, 2.05) is 20.8 Å². The Morgan fingerprint density at radius 2 is 1.96 bits per heavy atom. The van der Waals surface area contributed by atoms with Crippen LogP contribution in [-0.2, 0) is 4.79 Å². The highest BCUT2D eigenvalue weighted by Gasteiger charge is 2.28. The van der Waals surface area contributed by atoms with Crippen LogP contribution in [0.5, 0.6) is 0 Å². The van der Waals surface area contributed by atoms with Gasteiger partial charge in [-0.25, -0.2) is 4.39 Å². The molecule has 28 heavy (non-hydrogen) atoms. The first-order valence-corrected chi connectivity index (χ1v) is 10.0. The number of hydrogen-bond acceptors (Lipinski definition) is 3. The molecule has 1 atom stereocenters. The lowest BCUT2D eigenvalue weighted by molar-refractivity contribution is -0.121. The van der Waals surface area contributed by atoms with Crippen LogP contribution in [0.4, 0.5) is 4.39 Å². The molecule has 1 aromatic rings. The minimum absolute atomic E-state index is 0.103. The van der Waals surface area contributed by atoms with Gasteiger partial charge in [0.1, 0.15) is 5.82 Å². The maximum Gasteiger partial charge on any atom is 0.239 e. The van der Waals surface area contributed by atoms with Crippen LogP contribution in [-0.4, -0.2) is 55.5 Å². The van der Waals surface area contributed by atoms with Crippen molar-refractivity contribution in [2.24, 2.45) is 4.99 Å². The quantitative estimate of drug-likeness (QED) is 0.497. The van der Waals surface area contributed by atoms with Crippen molar-refractivity contribution in [1.82, 2.24) is 20.9 Å². The summed E-state index contributed by atoms with van der Waals surface area (Å²) in [6.07, 6.45) is 2.17. The van der Waals surface area contributed by atoms with Crippen LogP contribution in [0.3, 0.4) is 0 Å². The summed E-state index contributed by atoms with van der Waals surface area (Å²) < 4.78 is 14.5. The molecule has 1 aromatic carbocycles. The van der Waals surface area contributed by atoms with Crippen LogP contribution >= 0.6 is 11.6 Å². The maximum absolute atomic E-state index is 14.5. The van der Waals surface area contributed by atoms with Gasteiger partial charge in [0, 0.05) is 29.7 Å². The van der Waals surface area contributed by atoms with E-state index in [1.54, 1.807) is 19.2 Å². The van der Waals surface area contributed by atoms with Gasteiger partial charge in [-0.2, -0.15) is 0 Å². The van der Waals surface area contributed by atoms with Gasteiger partial charge in [-0.15, -0.1) is 0 Å². The Kier molecular flexibility index (Phi) is 8.07. The highest BCUT2D eigenvalue weighted by molar-refractivity contribution is 6.31. The molecular formula is C20H31ClFN5O. The fraction of sp³-hybridized carbons (Fsp3) is 0.600. The molecule has 1 heterocycles. The monoisotopic (exact) mass is 411 g/mol. The first-order valence-electron chi connectivity index (χ1n) is 9.65. The molecule has 1 fully saturated rings. The van der Waals surface area contributed by atoms with Gasteiger partial charge < -0.3 is 16.0 Å². The number of benzene rings is 1. The SMILES string of the molecule is CN=C(NCC(=O)NC(C)(C)C)NCC(c1c(F)cccc1Cl)N1CCCC1. The fourth-order valence-corrected chi connectivity index (χ4v) is 3.63. The summed E-state index contributed by atoms with van der Waals surface area (Å²) in [6, 6.07) is 4.56. The molecule has 156 valence electrons. The Labute approximate surface area is 171 Å². The van der Waals surface area contributed by atoms with E-state index in [4.69, 9.17) is 11.6 Å². The average molecular weight is 412 g/mol. The van der Waals surface area contributed by atoms with Crippen LogP contribution in [0.2, 0.25) is 5.02 Å². The van der Waals surface area contributed by atoms with Crippen LogP contribution in [0, 0.1) is 5.82 Å². The van der Waals surface area contributed by atoms with Crippen molar-refractivity contribution in [3.8, 4) is 0 Å². The molecule has 0 bridgehead atoms. The molecule has 0 aliphatic carbocycles. The summed E-state index contributed by atoms with van der Waals surface area (Å²) in [4.78, 5) is 18.4. The van der Waals surface area contributed by atoms with Crippen molar-refractivity contribution in [3.63, 3.8) is 0 Å². The molecule has 0 saturated carbocycles. The molecule has 6 nitrogen and oxygen atoms in total. The van der Waals surface area contributed by atoms with Crippen LogP contribution in [0.15, 0.2) is 23.2 Å². The third kappa shape index (κ3) is 6.63. The van der Waals surface area contributed by atoms with Gasteiger partial charge in [0.05, 0.1) is 12.6 Å². The first-order chi connectivity index (χ1) is 13.2. The molecule has 1 unspecified atom stereocenters. The van der Waals surface area contributed by atoms with E-state index in [0.29, 0.717) is 23.1 Å². The minimum Gasteiger partial charge on any atom is -0.354 e. The van der Waals surface area contributed by atoms with Gasteiger partial charge >= 0.3 is 0 Å². The number of guanidine groups is 1. The van der Waals surface area contributed by atoms with Gasteiger partial charge in [-0.3, -0.25) is 14.7 Å². The molecule has 0 radical (unpaired) electrons. The first kappa shape index (κ1) is 22.4. The third-order valence-corrected chi connectivity index (χ3v) is 4.86. The van der Waals surface area contributed by atoms with Crippen molar-refractivity contribution in [2.75, 3.05) is 33.2 Å². The number of nitrogens with one attached hydrogen (secondary N) is 3. The van der Waals surface area contributed by atoms with Crippen LogP contribution in [0.1, 0.15) is 45.2 Å². The van der Waals surface area contributed by atoms with Crippen molar-refractivity contribution >= 4 is 23.5 Å². The second-order valence-corrected chi connectivity index (χ2v) is 8.41. The number of likely N-dealkylation sites (tertiary alicyclic amines) is 1. The Bertz CT molecular complexity index is 678. The number of amides is 1. The number of aliphatic imine (C=N–C) groups is 1. The topological polar surface area (TPSA) is 68.8 Å². The summed E-state index contributed by atoms with van der Waals surface area (Å²) in [6.45, 7) is 8.12. The summed E-state index contributed by atoms with van der Waals surface area (Å²) in [7, 11) is 1.64. The van der Waals surface area contributed by atoms with Crippen molar-refractivity contribution in [1.29, 1.82) is 0 Å². The molecular weight excluding hydrogens is 381 g/mol. The van der Waals surface area contributed by atoms with Gasteiger partial charge in [0.15, 0.2) is 5.96 Å². The standard InChI is InChI=1S/C20H31ClFN5O/c1-20(2,3)26-17(28)13-25-19(23-4)24-12-16(27-10-5-6-11-27)18-14(21)8-7-9-15(18)22/h7-9,16H,5-6,10-13H2,1-4H3,(H,26,28)(H2,23,24,25). The van der Waals surface area contributed by atoms with Gasteiger partial charge in [-0.05, 0) is 58.8 Å². The zero-order valence-corrected chi connectivity index (χ0v) is 17.9. The Morgan fingerprint density at radius 3 is 2.54 bits per heavy atom. The lowest BCUT2D eigenvalue weighted by Crippen LogP contribution is -2.49. The second-order valence-electron chi connectivity index (χ2n) is 8.00. The van der Waals surface area contributed by atoms with E-state index in [2.05, 4.69) is 25.8 Å². The lowest BCUT2D eigenvalue weighted by Gasteiger charge is -2.29. The number of halogens is 2. The average Bonchev–Trinajstić information content (AvgIpc) is 3.12. The Hall–Kier alpha value is -1.86. The van der Waals surface area contributed by atoms with E-state index in [0.717, 1.165) is 25.9 Å².